The second-order valence-corrected chi connectivity index (χ2v) is 3.69. The third kappa shape index (κ3) is 5.63. The van der Waals surface area contributed by atoms with Crippen molar-refractivity contribution in [3.8, 4) is 0 Å². The van der Waals surface area contributed by atoms with Crippen molar-refractivity contribution < 1.29 is 4.74 Å². The van der Waals surface area contributed by atoms with Crippen LogP contribution in [0.5, 0.6) is 0 Å². The summed E-state index contributed by atoms with van der Waals surface area (Å²) >= 11 is 5.09. The van der Waals surface area contributed by atoms with E-state index in [1.165, 1.54) is 5.56 Å². The zero-order chi connectivity index (χ0) is 11.6. The maximum atomic E-state index is 5.09. The number of hydrogen-bond donors (Lipinski definition) is 2. The van der Waals surface area contributed by atoms with Crippen molar-refractivity contribution in [3.63, 3.8) is 0 Å². The second-order valence-electron chi connectivity index (χ2n) is 3.29. The molecular weight excluding hydrogens is 222 g/mol. The summed E-state index contributed by atoms with van der Waals surface area (Å²) in [6, 6.07) is 3.99. The van der Waals surface area contributed by atoms with Crippen LogP contribution in [0, 0.1) is 0 Å². The number of nitrogens with one attached hydrogen (secondary N) is 2. The Morgan fingerprint density at radius 1 is 1.44 bits per heavy atom. The highest BCUT2D eigenvalue weighted by Gasteiger charge is 1.95. The van der Waals surface area contributed by atoms with Gasteiger partial charge in [0.05, 0.1) is 6.61 Å². The lowest BCUT2D eigenvalue weighted by Crippen LogP contribution is -2.37. The van der Waals surface area contributed by atoms with E-state index >= 15 is 0 Å². The molecule has 0 radical (unpaired) electrons. The summed E-state index contributed by atoms with van der Waals surface area (Å²) in [5, 5.41) is 6.84. The SMILES string of the molecule is COCCNC(=S)NCCc1cccnc1. The van der Waals surface area contributed by atoms with Gasteiger partial charge >= 0.3 is 0 Å². The van der Waals surface area contributed by atoms with Gasteiger partial charge in [0.25, 0.3) is 0 Å². The molecule has 1 aromatic heterocycles. The van der Waals surface area contributed by atoms with Crippen LogP contribution in [0.2, 0.25) is 0 Å². The Labute approximate surface area is 101 Å². The predicted molar refractivity (Wildman–Crippen MR) is 68.4 cm³/mol. The monoisotopic (exact) mass is 239 g/mol. The van der Waals surface area contributed by atoms with E-state index in [1.807, 2.05) is 12.3 Å². The highest BCUT2D eigenvalue weighted by molar-refractivity contribution is 7.80. The highest BCUT2D eigenvalue weighted by Crippen LogP contribution is 1.95. The van der Waals surface area contributed by atoms with Crippen molar-refractivity contribution >= 4 is 17.3 Å². The van der Waals surface area contributed by atoms with Crippen LogP contribution in [-0.4, -0.2) is 36.9 Å². The topological polar surface area (TPSA) is 46.2 Å². The van der Waals surface area contributed by atoms with Crippen molar-refractivity contribution in [3.05, 3.63) is 30.1 Å². The maximum absolute atomic E-state index is 5.09. The largest absolute Gasteiger partial charge is 0.383 e. The second kappa shape index (κ2) is 8.01. The van der Waals surface area contributed by atoms with Gasteiger partial charge in [0.2, 0.25) is 0 Å². The van der Waals surface area contributed by atoms with E-state index < -0.39 is 0 Å². The Morgan fingerprint density at radius 2 is 2.25 bits per heavy atom. The molecule has 0 aliphatic carbocycles. The number of hydrogen-bond acceptors (Lipinski definition) is 3. The number of thiocarbonyl (C=S) groups is 1. The average molecular weight is 239 g/mol. The van der Waals surface area contributed by atoms with Gasteiger partial charge in [0, 0.05) is 32.6 Å². The fraction of sp³-hybridized carbons (Fsp3) is 0.455. The van der Waals surface area contributed by atoms with Gasteiger partial charge in [-0.2, -0.15) is 0 Å². The zero-order valence-corrected chi connectivity index (χ0v) is 10.2. The van der Waals surface area contributed by atoms with Crippen molar-refractivity contribution in [2.75, 3.05) is 26.8 Å². The van der Waals surface area contributed by atoms with Crippen LogP contribution < -0.4 is 10.6 Å². The Bertz CT molecular complexity index is 305. The minimum absolute atomic E-state index is 0.657. The van der Waals surface area contributed by atoms with Gasteiger partial charge in [-0.25, -0.2) is 0 Å². The van der Waals surface area contributed by atoms with E-state index in [1.54, 1.807) is 13.3 Å². The van der Waals surface area contributed by atoms with Crippen LogP contribution in [0.1, 0.15) is 5.56 Å². The van der Waals surface area contributed by atoms with E-state index in [2.05, 4.69) is 21.7 Å². The van der Waals surface area contributed by atoms with Crippen LogP contribution in [0.25, 0.3) is 0 Å². The molecule has 1 aromatic rings. The molecule has 1 rings (SSSR count). The summed E-state index contributed by atoms with van der Waals surface area (Å²) in [5.74, 6) is 0. The minimum atomic E-state index is 0.657. The molecule has 0 saturated heterocycles. The van der Waals surface area contributed by atoms with Crippen molar-refractivity contribution in [2.45, 2.75) is 6.42 Å². The lowest BCUT2D eigenvalue weighted by molar-refractivity contribution is 0.204. The molecule has 16 heavy (non-hydrogen) atoms. The van der Waals surface area contributed by atoms with Gasteiger partial charge in [0.1, 0.15) is 0 Å². The molecule has 0 spiro atoms. The van der Waals surface area contributed by atoms with Gasteiger partial charge in [-0.15, -0.1) is 0 Å². The van der Waals surface area contributed by atoms with Crippen LogP contribution >= 0.6 is 12.2 Å². The average Bonchev–Trinajstić information content (AvgIpc) is 2.31. The number of nitrogens with zero attached hydrogens (tertiary/aromatic N) is 1. The molecule has 0 fully saturated rings. The molecule has 0 saturated carbocycles. The van der Waals surface area contributed by atoms with Gasteiger partial charge in [-0.3, -0.25) is 4.98 Å². The third-order valence-electron chi connectivity index (χ3n) is 2.01. The molecule has 0 bridgehead atoms. The summed E-state index contributed by atoms with van der Waals surface area (Å²) in [6.45, 7) is 2.20. The van der Waals surface area contributed by atoms with E-state index in [4.69, 9.17) is 17.0 Å². The van der Waals surface area contributed by atoms with E-state index in [0.717, 1.165) is 19.5 Å². The fourth-order valence-corrected chi connectivity index (χ4v) is 1.40. The van der Waals surface area contributed by atoms with E-state index in [-0.39, 0.29) is 0 Å². The summed E-state index contributed by atoms with van der Waals surface area (Å²) < 4.78 is 4.91. The Balaban J connectivity index is 2.09. The van der Waals surface area contributed by atoms with Gasteiger partial charge in [-0.05, 0) is 30.3 Å². The predicted octanol–water partition coefficient (Wildman–Crippen LogP) is 0.735. The molecule has 0 aromatic carbocycles. The standard InChI is InChI=1S/C11H17N3OS/c1-15-8-7-14-11(16)13-6-4-10-3-2-5-12-9-10/h2-3,5,9H,4,6-8H2,1H3,(H2,13,14,16). The molecular formula is C11H17N3OS. The molecule has 0 aliphatic rings. The molecule has 0 atom stereocenters. The van der Waals surface area contributed by atoms with Crippen molar-refractivity contribution in [1.82, 2.24) is 15.6 Å². The quantitative estimate of drug-likeness (QED) is 0.566. The summed E-state index contributed by atoms with van der Waals surface area (Å²) in [5.41, 5.74) is 1.20. The highest BCUT2D eigenvalue weighted by atomic mass is 32.1. The summed E-state index contributed by atoms with van der Waals surface area (Å²) in [7, 11) is 1.67. The van der Waals surface area contributed by atoms with Crippen molar-refractivity contribution in [2.24, 2.45) is 0 Å². The normalized spacial score (nSPS) is 9.81. The molecule has 5 heteroatoms. The molecule has 2 N–H and O–H groups in total. The lowest BCUT2D eigenvalue weighted by Gasteiger charge is -2.09. The van der Waals surface area contributed by atoms with E-state index in [0.29, 0.717) is 11.7 Å². The fourth-order valence-electron chi connectivity index (χ4n) is 1.20. The summed E-state index contributed by atoms with van der Waals surface area (Å²) in [4.78, 5) is 4.05. The number of pyridine rings is 1. The number of aromatic nitrogens is 1. The van der Waals surface area contributed by atoms with Crippen molar-refractivity contribution in [1.29, 1.82) is 0 Å². The number of methoxy groups -OCH3 is 1. The van der Waals surface area contributed by atoms with Crippen LogP contribution in [-0.2, 0) is 11.2 Å². The number of ether oxygens (including phenoxy) is 1. The molecule has 4 nitrogen and oxygen atoms in total. The lowest BCUT2D eigenvalue weighted by atomic mass is 10.2. The minimum Gasteiger partial charge on any atom is -0.383 e. The van der Waals surface area contributed by atoms with Gasteiger partial charge < -0.3 is 15.4 Å². The first-order valence-corrected chi connectivity index (χ1v) is 5.63. The zero-order valence-electron chi connectivity index (χ0n) is 9.40. The van der Waals surface area contributed by atoms with Crippen LogP contribution in [0.15, 0.2) is 24.5 Å². The Kier molecular flexibility index (Phi) is 6.44. The summed E-state index contributed by atoms with van der Waals surface area (Å²) in [6.07, 6.45) is 4.55. The molecule has 0 unspecified atom stereocenters. The Morgan fingerprint density at radius 3 is 2.94 bits per heavy atom. The Hall–Kier alpha value is -1.20. The first-order chi connectivity index (χ1) is 7.83. The van der Waals surface area contributed by atoms with Gasteiger partial charge in [-0.1, -0.05) is 6.07 Å². The molecule has 0 aliphatic heterocycles. The smallest absolute Gasteiger partial charge is 0.166 e. The van der Waals surface area contributed by atoms with Gasteiger partial charge in [0.15, 0.2) is 5.11 Å². The first kappa shape index (κ1) is 12.9. The third-order valence-corrected chi connectivity index (χ3v) is 2.30. The van der Waals surface area contributed by atoms with Crippen LogP contribution in [0.3, 0.4) is 0 Å². The van der Waals surface area contributed by atoms with Crippen LogP contribution in [0.4, 0.5) is 0 Å². The molecule has 1 heterocycles. The first-order valence-electron chi connectivity index (χ1n) is 5.22. The number of rotatable bonds is 6. The maximum Gasteiger partial charge on any atom is 0.166 e. The molecule has 0 amide bonds. The van der Waals surface area contributed by atoms with E-state index in [9.17, 15) is 0 Å². The molecule has 88 valence electrons.